The fourth-order valence-electron chi connectivity index (χ4n) is 4.44. The molecule has 1 fully saturated rings. The zero-order chi connectivity index (χ0) is 22.7. The average Bonchev–Trinajstić information content (AvgIpc) is 3.58. The van der Waals surface area contributed by atoms with Crippen molar-refractivity contribution in [3.8, 4) is 11.8 Å². The van der Waals surface area contributed by atoms with E-state index in [-0.39, 0.29) is 11.8 Å². The number of ether oxygens (including phenoxy) is 1. The third-order valence-electron chi connectivity index (χ3n) is 6.61. The molecule has 2 aromatic carbocycles. The SMILES string of the molecule is CCOC(=O)Cc1ccc(C#Cc2ccc3c(c2)C(C)(C)CCC3NCC2CC2)cc1F. The van der Waals surface area contributed by atoms with E-state index < -0.39 is 11.8 Å². The van der Waals surface area contributed by atoms with Crippen molar-refractivity contribution in [2.45, 2.75) is 64.3 Å². The first-order valence-corrected chi connectivity index (χ1v) is 11.7. The van der Waals surface area contributed by atoms with Crippen LogP contribution >= 0.6 is 0 Å². The highest BCUT2D eigenvalue weighted by molar-refractivity contribution is 5.72. The van der Waals surface area contributed by atoms with Crippen molar-refractivity contribution in [3.05, 3.63) is 70.0 Å². The van der Waals surface area contributed by atoms with Crippen LogP contribution in [0.3, 0.4) is 0 Å². The van der Waals surface area contributed by atoms with Crippen LogP contribution in [0, 0.1) is 23.6 Å². The number of rotatable bonds is 6. The van der Waals surface area contributed by atoms with Crippen LogP contribution in [-0.4, -0.2) is 19.1 Å². The highest BCUT2D eigenvalue weighted by atomic mass is 19.1. The van der Waals surface area contributed by atoms with Crippen molar-refractivity contribution in [1.82, 2.24) is 5.32 Å². The van der Waals surface area contributed by atoms with Gasteiger partial charge >= 0.3 is 5.97 Å². The third kappa shape index (κ3) is 5.40. The first kappa shape index (κ1) is 22.6. The Balaban J connectivity index is 1.52. The molecule has 0 spiro atoms. The second-order valence-corrected chi connectivity index (χ2v) is 9.67. The molecule has 168 valence electrons. The maximum absolute atomic E-state index is 14.4. The van der Waals surface area contributed by atoms with Crippen LogP contribution in [-0.2, 0) is 21.4 Å². The maximum Gasteiger partial charge on any atom is 0.310 e. The summed E-state index contributed by atoms with van der Waals surface area (Å²) < 4.78 is 19.3. The molecule has 1 N–H and O–H groups in total. The van der Waals surface area contributed by atoms with E-state index in [0.29, 0.717) is 23.8 Å². The smallest absolute Gasteiger partial charge is 0.310 e. The molecule has 4 heteroatoms. The topological polar surface area (TPSA) is 38.3 Å². The lowest BCUT2D eigenvalue weighted by Crippen LogP contribution is -2.33. The Morgan fingerprint density at radius 2 is 1.84 bits per heavy atom. The lowest BCUT2D eigenvalue weighted by Gasteiger charge is -2.37. The molecule has 1 saturated carbocycles. The second-order valence-electron chi connectivity index (χ2n) is 9.67. The highest BCUT2D eigenvalue weighted by Gasteiger charge is 2.33. The van der Waals surface area contributed by atoms with Crippen LogP contribution < -0.4 is 5.32 Å². The van der Waals surface area contributed by atoms with Crippen LogP contribution in [0.5, 0.6) is 0 Å². The average molecular weight is 434 g/mol. The summed E-state index contributed by atoms with van der Waals surface area (Å²) in [5, 5.41) is 3.78. The standard InChI is InChI=1S/C28H32FNO2/c1-4-32-27(31)17-22-11-9-20(16-25(22)29)6-5-19-10-12-23-24(15-19)28(2,3)14-13-26(23)30-18-21-7-8-21/h9-12,15-16,21,26,30H,4,7-8,13-14,17-18H2,1-3H3. The van der Waals surface area contributed by atoms with Gasteiger partial charge in [0.05, 0.1) is 13.0 Å². The van der Waals surface area contributed by atoms with E-state index in [2.05, 4.69) is 49.2 Å². The third-order valence-corrected chi connectivity index (χ3v) is 6.61. The predicted molar refractivity (Wildman–Crippen MR) is 125 cm³/mol. The van der Waals surface area contributed by atoms with Crippen molar-refractivity contribution in [1.29, 1.82) is 0 Å². The summed E-state index contributed by atoms with van der Waals surface area (Å²) in [4.78, 5) is 11.6. The van der Waals surface area contributed by atoms with Gasteiger partial charge in [-0.15, -0.1) is 0 Å². The number of nitrogens with one attached hydrogen (secondary N) is 1. The van der Waals surface area contributed by atoms with Gasteiger partial charge in [-0.1, -0.05) is 37.8 Å². The summed E-state index contributed by atoms with van der Waals surface area (Å²) in [5.41, 5.74) is 4.73. The molecule has 2 aromatic rings. The van der Waals surface area contributed by atoms with Crippen molar-refractivity contribution >= 4 is 5.97 Å². The molecule has 0 bridgehead atoms. The molecule has 1 unspecified atom stereocenters. The normalized spacial score (nSPS) is 18.9. The van der Waals surface area contributed by atoms with E-state index in [1.165, 1.54) is 30.0 Å². The van der Waals surface area contributed by atoms with E-state index in [1.807, 2.05) is 0 Å². The highest BCUT2D eigenvalue weighted by Crippen LogP contribution is 2.42. The Morgan fingerprint density at radius 1 is 1.12 bits per heavy atom. The van der Waals surface area contributed by atoms with Gasteiger partial charge in [-0.05, 0) is 91.4 Å². The quantitative estimate of drug-likeness (QED) is 0.487. The van der Waals surface area contributed by atoms with Gasteiger partial charge in [-0.2, -0.15) is 0 Å². The van der Waals surface area contributed by atoms with E-state index in [9.17, 15) is 9.18 Å². The molecule has 0 radical (unpaired) electrons. The first-order chi connectivity index (χ1) is 15.4. The van der Waals surface area contributed by atoms with Crippen molar-refractivity contribution in [2.75, 3.05) is 13.2 Å². The molecule has 0 amide bonds. The number of esters is 1. The van der Waals surface area contributed by atoms with E-state index in [4.69, 9.17) is 4.74 Å². The molecule has 0 aliphatic heterocycles. The number of hydrogen-bond acceptors (Lipinski definition) is 3. The fraction of sp³-hybridized carbons (Fsp3) is 0.464. The Kier molecular flexibility index (Phi) is 6.67. The summed E-state index contributed by atoms with van der Waals surface area (Å²) in [7, 11) is 0. The number of carbonyl (C=O) groups excluding carboxylic acids is 1. The van der Waals surface area contributed by atoms with Crippen molar-refractivity contribution < 1.29 is 13.9 Å². The van der Waals surface area contributed by atoms with Gasteiger partial charge in [0, 0.05) is 17.2 Å². The summed E-state index contributed by atoms with van der Waals surface area (Å²) in [6, 6.07) is 11.7. The maximum atomic E-state index is 14.4. The summed E-state index contributed by atoms with van der Waals surface area (Å²) >= 11 is 0. The van der Waals surface area contributed by atoms with Crippen molar-refractivity contribution in [2.24, 2.45) is 5.92 Å². The second kappa shape index (κ2) is 9.46. The van der Waals surface area contributed by atoms with Gasteiger partial charge in [-0.25, -0.2) is 4.39 Å². The Hall–Kier alpha value is -2.64. The predicted octanol–water partition coefficient (Wildman–Crippen LogP) is 5.44. The Morgan fingerprint density at radius 3 is 2.53 bits per heavy atom. The van der Waals surface area contributed by atoms with Crippen molar-refractivity contribution in [3.63, 3.8) is 0 Å². The van der Waals surface area contributed by atoms with E-state index >= 15 is 0 Å². The molecule has 4 rings (SSSR count). The zero-order valence-corrected chi connectivity index (χ0v) is 19.3. The molecule has 2 aliphatic carbocycles. The van der Waals surface area contributed by atoms with Gasteiger partial charge < -0.3 is 10.1 Å². The number of fused-ring (bicyclic) bond motifs is 1. The number of carbonyl (C=O) groups is 1. The molecular formula is C28H32FNO2. The number of halogens is 1. The van der Waals surface area contributed by atoms with Crippen LogP contribution in [0.1, 0.15) is 80.3 Å². The van der Waals surface area contributed by atoms with Gasteiger partial charge in [0.1, 0.15) is 5.82 Å². The minimum atomic E-state index is -0.430. The number of hydrogen-bond donors (Lipinski definition) is 1. The van der Waals surface area contributed by atoms with E-state index in [0.717, 1.165) is 30.9 Å². The lowest BCUT2D eigenvalue weighted by atomic mass is 9.70. The molecule has 0 heterocycles. The van der Waals surface area contributed by atoms with E-state index in [1.54, 1.807) is 19.1 Å². The van der Waals surface area contributed by atoms with Crippen LogP contribution in [0.4, 0.5) is 4.39 Å². The number of benzene rings is 2. The lowest BCUT2D eigenvalue weighted by molar-refractivity contribution is -0.142. The zero-order valence-electron chi connectivity index (χ0n) is 19.3. The molecule has 0 saturated heterocycles. The van der Waals surface area contributed by atoms with Gasteiger partial charge in [0.2, 0.25) is 0 Å². The first-order valence-electron chi connectivity index (χ1n) is 11.7. The summed E-state index contributed by atoms with van der Waals surface area (Å²) in [6.45, 7) is 7.75. The molecule has 3 nitrogen and oxygen atoms in total. The van der Waals surface area contributed by atoms with Crippen LogP contribution in [0.25, 0.3) is 0 Å². The summed E-state index contributed by atoms with van der Waals surface area (Å²) in [6.07, 6.45) is 4.96. The van der Waals surface area contributed by atoms with Crippen LogP contribution in [0.15, 0.2) is 36.4 Å². The molecule has 1 atom stereocenters. The fourth-order valence-corrected chi connectivity index (χ4v) is 4.44. The minimum absolute atomic E-state index is 0.0662. The Labute approximate surface area is 190 Å². The Bertz CT molecular complexity index is 1060. The molecule has 32 heavy (non-hydrogen) atoms. The molecule has 0 aromatic heterocycles. The summed E-state index contributed by atoms with van der Waals surface area (Å²) in [5.74, 6) is 6.29. The van der Waals surface area contributed by atoms with Gasteiger partial charge in [-0.3, -0.25) is 4.79 Å². The minimum Gasteiger partial charge on any atom is -0.466 e. The largest absolute Gasteiger partial charge is 0.466 e. The molecular weight excluding hydrogens is 401 g/mol. The van der Waals surface area contributed by atoms with Gasteiger partial charge in [0.25, 0.3) is 0 Å². The molecule has 2 aliphatic rings. The van der Waals surface area contributed by atoms with Gasteiger partial charge in [0.15, 0.2) is 0 Å². The van der Waals surface area contributed by atoms with Crippen LogP contribution in [0.2, 0.25) is 0 Å². The monoisotopic (exact) mass is 433 g/mol.